The lowest BCUT2D eigenvalue weighted by Gasteiger charge is -2.33. The number of hydrogen-bond donors (Lipinski definition) is 1. The average Bonchev–Trinajstić information content (AvgIpc) is 3.40. The summed E-state index contributed by atoms with van der Waals surface area (Å²) in [5.41, 5.74) is 2.20. The number of piperidine rings is 1. The third-order valence-corrected chi connectivity index (χ3v) is 5.91. The lowest BCUT2D eigenvalue weighted by molar-refractivity contribution is 0.185. The molecule has 0 radical (unpaired) electrons. The zero-order chi connectivity index (χ0) is 14.1. The van der Waals surface area contributed by atoms with Gasteiger partial charge < -0.3 is 5.32 Å². The molecule has 0 unspecified atom stereocenters. The molecule has 3 aliphatic rings. The Morgan fingerprint density at radius 2 is 1.71 bits per heavy atom. The van der Waals surface area contributed by atoms with Gasteiger partial charge >= 0.3 is 0 Å². The van der Waals surface area contributed by atoms with Crippen LogP contribution in [0.1, 0.15) is 44.1 Å². The maximum atomic E-state index is 3.90. The van der Waals surface area contributed by atoms with E-state index in [1.54, 1.807) is 0 Å². The Hall–Kier alpha value is -0.860. The van der Waals surface area contributed by atoms with Crippen molar-refractivity contribution >= 4 is 0 Å². The van der Waals surface area contributed by atoms with Gasteiger partial charge in [0.15, 0.2) is 0 Å². The van der Waals surface area contributed by atoms with Gasteiger partial charge in [0.1, 0.15) is 0 Å². The number of hydrogen-bond acceptors (Lipinski definition) is 2. The Kier molecular flexibility index (Phi) is 3.76. The molecule has 2 heteroatoms. The minimum absolute atomic E-state index is 0.751. The van der Waals surface area contributed by atoms with Crippen molar-refractivity contribution in [3.05, 3.63) is 35.9 Å². The Morgan fingerprint density at radius 3 is 2.33 bits per heavy atom. The molecule has 21 heavy (non-hydrogen) atoms. The number of rotatable bonds is 6. The van der Waals surface area contributed by atoms with Crippen LogP contribution >= 0.6 is 0 Å². The fourth-order valence-corrected chi connectivity index (χ4v) is 4.07. The van der Waals surface area contributed by atoms with E-state index >= 15 is 0 Å². The van der Waals surface area contributed by atoms with Gasteiger partial charge in [-0.05, 0) is 68.5 Å². The fourth-order valence-electron chi connectivity index (χ4n) is 4.07. The summed E-state index contributed by atoms with van der Waals surface area (Å²) in [5, 5.41) is 3.90. The monoisotopic (exact) mass is 284 g/mol. The third kappa shape index (κ3) is 3.32. The topological polar surface area (TPSA) is 15.3 Å². The van der Waals surface area contributed by atoms with Crippen LogP contribution in [-0.4, -0.2) is 30.6 Å². The molecule has 0 bridgehead atoms. The largest absolute Gasteiger partial charge is 0.313 e. The SMILES string of the molecule is c1ccc(CN2CCC(NCC3(C4CC4)CC3)CC2)cc1. The van der Waals surface area contributed by atoms with Gasteiger partial charge in [-0.25, -0.2) is 0 Å². The predicted octanol–water partition coefficient (Wildman–Crippen LogP) is 3.43. The Bertz CT molecular complexity index is 454. The van der Waals surface area contributed by atoms with Crippen molar-refractivity contribution in [1.29, 1.82) is 0 Å². The van der Waals surface area contributed by atoms with Crippen LogP contribution in [0.25, 0.3) is 0 Å². The van der Waals surface area contributed by atoms with Gasteiger partial charge in [0.25, 0.3) is 0 Å². The van der Waals surface area contributed by atoms with Gasteiger partial charge in [-0.15, -0.1) is 0 Å². The summed E-state index contributed by atoms with van der Waals surface area (Å²) in [6, 6.07) is 11.7. The van der Waals surface area contributed by atoms with Crippen LogP contribution in [0.2, 0.25) is 0 Å². The Morgan fingerprint density at radius 1 is 1.00 bits per heavy atom. The highest BCUT2D eigenvalue weighted by atomic mass is 15.1. The molecule has 4 rings (SSSR count). The minimum Gasteiger partial charge on any atom is -0.313 e. The second-order valence-corrected chi connectivity index (χ2v) is 7.55. The summed E-state index contributed by atoms with van der Waals surface area (Å²) in [6.45, 7) is 4.94. The summed E-state index contributed by atoms with van der Waals surface area (Å²) < 4.78 is 0. The molecule has 1 aromatic rings. The van der Waals surface area contributed by atoms with Crippen LogP contribution in [0.15, 0.2) is 30.3 Å². The van der Waals surface area contributed by atoms with E-state index in [0.717, 1.165) is 23.9 Å². The summed E-state index contributed by atoms with van der Waals surface area (Å²) in [4.78, 5) is 2.61. The van der Waals surface area contributed by atoms with Crippen LogP contribution in [-0.2, 0) is 6.54 Å². The molecule has 1 N–H and O–H groups in total. The molecule has 1 aromatic carbocycles. The number of benzene rings is 1. The first-order chi connectivity index (χ1) is 10.3. The van der Waals surface area contributed by atoms with Crippen molar-refractivity contribution in [2.24, 2.45) is 11.3 Å². The molecule has 0 atom stereocenters. The van der Waals surface area contributed by atoms with Gasteiger partial charge in [0.2, 0.25) is 0 Å². The maximum absolute atomic E-state index is 3.90. The molecule has 1 saturated heterocycles. The molecule has 114 valence electrons. The molecule has 2 aliphatic carbocycles. The maximum Gasteiger partial charge on any atom is 0.0233 e. The van der Waals surface area contributed by atoms with E-state index in [-0.39, 0.29) is 0 Å². The van der Waals surface area contributed by atoms with E-state index in [1.807, 2.05) is 0 Å². The standard InChI is InChI=1S/C19H28N2/c1-2-4-16(5-3-1)14-21-12-8-18(9-13-21)20-15-19(10-11-19)17-6-7-17/h1-5,17-18,20H,6-15H2. The van der Waals surface area contributed by atoms with Crippen LogP contribution in [0, 0.1) is 11.3 Å². The summed E-state index contributed by atoms with van der Waals surface area (Å²) >= 11 is 0. The van der Waals surface area contributed by atoms with Gasteiger partial charge in [-0.3, -0.25) is 4.90 Å². The first kappa shape index (κ1) is 13.8. The van der Waals surface area contributed by atoms with Crippen molar-refractivity contribution in [1.82, 2.24) is 10.2 Å². The average molecular weight is 284 g/mol. The highest BCUT2D eigenvalue weighted by molar-refractivity contribution is 5.14. The van der Waals surface area contributed by atoms with Crippen molar-refractivity contribution in [3.63, 3.8) is 0 Å². The van der Waals surface area contributed by atoms with Crippen LogP contribution < -0.4 is 5.32 Å². The zero-order valence-corrected chi connectivity index (χ0v) is 13.1. The fraction of sp³-hybridized carbons (Fsp3) is 0.684. The van der Waals surface area contributed by atoms with Crippen molar-refractivity contribution < 1.29 is 0 Å². The third-order valence-electron chi connectivity index (χ3n) is 5.91. The van der Waals surface area contributed by atoms with Crippen molar-refractivity contribution in [2.75, 3.05) is 19.6 Å². The zero-order valence-electron chi connectivity index (χ0n) is 13.1. The second-order valence-electron chi connectivity index (χ2n) is 7.55. The molecule has 0 spiro atoms. The Labute approximate surface area is 128 Å². The summed E-state index contributed by atoms with van der Waals surface area (Å²) in [7, 11) is 0. The molecular formula is C19H28N2. The molecule has 0 aromatic heterocycles. The van der Waals surface area contributed by atoms with Gasteiger partial charge in [-0.1, -0.05) is 30.3 Å². The van der Waals surface area contributed by atoms with Crippen LogP contribution in [0.5, 0.6) is 0 Å². The summed E-state index contributed by atoms with van der Waals surface area (Å²) in [6.07, 6.45) is 8.67. The van der Waals surface area contributed by atoms with E-state index in [2.05, 4.69) is 40.5 Å². The Balaban J connectivity index is 1.20. The van der Waals surface area contributed by atoms with E-state index in [9.17, 15) is 0 Å². The van der Waals surface area contributed by atoms with E-state index in [4.69, 9.17) is 0 Å². The van der Waals surface area contributed by atoms with Crippen LogP contribution in [0.4, 0.5) is 0 Å². The molecule has 1 heterocycles. The number of nitrogens with zero attached hydrogens (tertiary/aromatic N) is 1. The smallest absolute Gasteiger partial charge is 0.0233 e. The first-order valence-corrected chi connectivity index (χ1v) is 8.84. The number of nitrogens with one attached hydrogen (secondary N) is 1. The van der Waals surface area contributed by atoms with E-state index in [0.29, 0.717) is 0 Å². The van der Waals surface area contributed by atoms with Gasteiger partial charge in [0.05, 0.1) is 0 Å². The molecule has 3 fully saturated rings. The molecule has 2 saturated carbocycles. The highest BCUT2D eigenvalue weighted by Crippen LogP contribution is 2.60. The molecular weight excluding hydrogens is 256 g/mol. The van der Waals surface area contributed by atoms with E-state index < -0.39 is 0 Å². The van der Waals surface area contributed by atoms with Crippen molar-refractivity contribution in [2.45, 2.75) is 51.1 Å². The summed E-state index contributed by atoms with van der Waals surface area (Å²) in [5.74, 6) is 1.09. The van der Waals surface area contributed by atoms with E-state index in [1.165, 1.54) is 63.7 Å². The minimum atomic E-state index is 0.751. The quantitative estimate of drug-likeness (QED) is 0.861. The van der Waals surface area contributed by atoms with Gasteiger partial charge in [0, 0.05) is 19.1 Å². The molecule has 1 aliphatic heterocycles. The predicted molar refractivity (Wildman–Crippen MR) is 87.1 cm³/mol. The molecule has 2 nitrogen and oxygen atoms in total. The van der Waals surface area contributed by atoms with Crippen molar-refractivity contribution in [3.8, 4) is 0 Å². The highest BCUT2D eigenvalue weighted by Gasteiger charge is 2.53. The lowest BCUT2D eigenvalue weighted by Crippen LogP contribution is -2.44. The second kappa shape index (κ2) is 5.73. The van der Waals surface area contributed by atoms with Crippen LogP contribution in [0.3, 0.4) is 0 Å². The normalized spacial score (nSPS) is 25.9. The van der Waals surface area contributed by atoms with Gasteiger partial charge in [-0.2, -0.15) is 0 Å². The first-order valence-electron chi connectivity index (χ1n) is 8.84. The lowest BCUT2D eigenvalue weighted by atomic mass is 9.98. The molecule has 0 amide bonds. The number of likely N-dealkylation sites (tertiary alicyclic amines) is 1.